The Morgan fingerprint density at radius 1 is 1.13 bits per heavy atom. The quantitative estimate of drug-likeness (QED) is 0.621. The standard InChI is InChI=1S/C9H18BF3N.K/c1-7(2)14(8(3)4)6-9(5)10(11,12)13;/h7-8H,5-6H2,1-4H3;/q-1;+1. The van der Waals surface area contributed by atoms with Crippen molar-refractivity contribution in [2.24, 2.45) is 0 Å². The molecule has 0 N–H and O–H groups in total. The van der Waals surface area contributed by atoms with Crippen LogP contribution >= 0.6 is 0 Å². The number of rotatable bonds is 5. The van der Waals surface area contributed by atoms with Crippen molar-refractivity contribution >= 4 is 6.98 Å². The van der Waals surface area contributed by atoms with Gasteiger partial charge in [-0.2, -0.15) is 0 Å². The van der Waals surface area contributed by atoms with Crippen LogP contribution < -0.4 is 51.4 Å². The molecule has 0 fully saturated rings. The molecule has 0 aromatic carbocycles. The van der Waals surface area contributed by atoms with Crippen LogP contribution in [0.15, 0.2) is 12.1 Å². The Labute approximate surface area is 133 Å². The fraction of sp³-hybridized carbons (Fsp3) is 0.778. The summed E-state index contributed by atoms with van der Waals surface area (Å²) in [4.78, 5) is 1.78. The number of nitrogens with zero attached hydrogens (tertiary/aromatic N) is 1. The first-order chi connectivity index (χ1) is 6.16. The van der Waals surface area contributed by atoms with Gasteiger partial charge in [0.05, 0.1) is 0 Å². The van der Waals surface area contributed by atoms with Crippen molar-refractivity contribution in [3.63, 3.8) is 0 Å². The van der Waals surface area contributed by atoms with Crippen LogP contribution in [0.5, 0.6) is 0 Å². The Balaban J connectivity index is 0. The monoisotopic (exact) mass is 247 g/mol. The second-order valence-corrected chi connectivity index (χ2v) is 4.09. The van der Waals surface area contributed by atoms with E-state index in [1.807, 2.05) is 27.7 Å². The van der Waals surface area contributed by atoms with Gasteiger partial charge in [-0.25, -0.2) is 0 Å². The summed E-state index contributed by atoms with van der Waals surface area (Å²) in [5, 5.41) is 0. The molecule has 0 rings (SSSR count). The van der Waals surface area contributed by atoms with E-state index in [9.17, 15) is 12.9 Å². The molecule has 0 saturated carbocycles. The first kappa shape index (κ1) is 18.6. The van der Waals surface area contributed by atoms with Gasteiger partial charge in [0.15, 0.2) is 0 Å². The van der Waals surface area contributed by atoms with Crippen molar-refractivity contribution < 1.29 is 64.3 Å². The van der Waals surface area contributed by atoms with Crippen LogP contribution in [0.1, 0.15) is 27.7 Å². The van der Waals surface area contributed by atoms with E-state index in [-0.39, 0.29) is 70.0 Å². The van der Waals surface area contributed by atoms with Crippen molar-refractivity contribution in [3.8, 4) is 0 Å². The van der Waals surface area contributed by atoms with Crippen LogP contribution in [0.25, 0.3) is 0 Å². The Kier molecular flexibility index (Phi) is 9.28. The van der Waals surface area contributed by atoms with Crippen molar-refractivity contribution in [2.75, 3.05) is 6.54 Å². The minimum atomic E-state index is -4.89. The van der Waals surface area contributed by atoms with Gasteiger partial charge in [0.25, 0.3) is 0 Å². The molecule has 0 aromatic rings. The summed E-state index contributed by atoms with van der Waals surface area (Å²) >= 11 is 0. The molecule has 0 aromatic heterocycles. The average Bonchev–Trinajstić information content (AvgIpc) is 1.96. The third-order valence-corrected chi connectivity index (χ3v) is 2.18. The van der Waals surface area contributed by atoms with E-state index in [4.69, 9.17) is 0 Å². The molecular weight excluding hydrogens is 229 g/mol. The molecule has 0 aliphatic rings. The normalized spacial score (nSPS) is 12.1. The molecule has 15 heavy (non-hydrogen) atoms. The van der Waals surface area contributed by atoms with Crippen molar-refractivity contribution in [1.29, 1.82) is 0 Å². The first-order valence-corrected chi connectivity index (χ1v) is 4.79. The van der Waals surface area contributed by atoms with Crippen LogP contribution in [-0.2, 0) is 0 Å². The van der Waals surface area contributed by atoms with Crippen LogP contribution in [0, 0.1) is 0 Å². The summed E-state index contributed by atoms with van der Waals surface area (Å²) in [7, 11) is 0. The summed E-state index contributed by atoms with van der Waals surface area (Å²) in [6.45, 7) is 5.65. The van der Waals surface area contributed by atoms with Crippen LogP contribution in [0.3, 0.4) is 0 Å². The Bertz CT molecular complexity index is 196. The number of halogens is 3. The van der Waals surface area contributed by atoms with Gasteiger partial charge in [0.1, 0.15) is 0 Å². The summed E-state index contributed by atoms with van der Waals surface area (Å²) < 4.78 is 36.8. The SMILES string of the molecule is C=C(CN(C(C)C)C(C)C)[B-](F)(F)F.[K+]. The Morgan fingerprint density at radius 3 is 1.67 bits per heavy atom. The maximum atomic E-state index is 12.3. The summed E-state index contributed by atoms with van der Waals surface area (Å²) in [5.74, 6) is 0. The van der Waals surface area contributed by atoms with Gasteiger partial charge in [-0.05, 0) is 34.2 Å². The molecule has 0 atom stereocenters. The number of hydrogen-bond acceptors (Lipinski definition) is 1. The van der Waals surface area contributed by atoms with Crippen LogP contribution in [-0.4, -0.2) is 30.5 Å². The van der Waals surface area contributed by atoms with Crippen molar-refractivity contribution in [1.82, 2.24) is 4.90 Å². The van der Waals surface area contributed by atoms with Crippen LogP contribution in [0.4, 0.5) is 12.9 Å². The van der Waals surface area contributed by atoms with Gasteiger partial charge < -0.3 is 12.9 Å². The molecule has 0 unspecified atom stereocenters. The maximum absolute atomic E-state index is 12.3. The third kappa shape index (κ3) is 7.18. The molecule has 1 nitrogen and oxygen atoms in total. The van der Waals surface area contributed by atoms with Gasteiger partial charge in [-0.1, -0.05) is 0 Å². The summed E-state index contributed by atoms with van der Waals surface area (Å²) in [5.41, 5.74) is -0.618. The molecule has 0 aliphatic heterocycles. The molecule has 0 saturated heterocycles. The van der Waals surface area contributed by atoms with E-state index in [2.05, 4.69) is 6.58 Å². The Morgan fingerprint density at radius 2 is 1.47 bits per heavy atom. The predicted molar refractivity (Wildman–Crippen MR) is 55.2 cm³/mol. The molecule has 6 heteroatoms. The summed E-state index contributed by atoms with van der Waals surface area (Å²) in [6.07, 6.45) is 0. The number of hydrogen-bond donors (Lipinski definition) is 0. The van der Waals surface area contributed by atoms with E-state index < -0.39 is 12.4 Å². The molecule has 0 radical (unpaired) electrons. The molecule has 0 amide bonds. The van der Waals surface area contributed by atoms with Gasteiger partial charge in [0, 0.05) is 12.1 Å². The fourth-order valence-corrected chi connectivity index (χ4v) is 1.30. The minimum Gasteiger partial charge on any atom is -0.445 e. The zero-order valence-electron chi connectivity index (χ0n) is 10.2. The fourth-order valence-electron chi connectivity index (χ4n) is 1.30. The van der Waals surface area contributed by atoms with Crippen molar-refractivity contribution in [3.05, 3.63) is 12.1 Å². The second kappa shape index (κ2) is 7.50. The smallest absolute Gasteiger partial charge is 0.445 e. The van der Waals surface area contributed by atoms with Gasteiger partial charge in [-0.3, -0.25) is 4.90 Å². The minimum absolute atomic E-state index is 0. The third-order valence-electron chi connectivity index (χ3n) is 2.18. The zero-order valence-corrected chi connectivity index (χ0v) is 13.4. The molecule has 84 valence electrons. The second-order valence-electron chi connectivity index (χ2n) is 4.09. The molecular formula is C9H18BF3KN. The first-order valence-electron chi connectivity index (χ1n) is 4.79. The molecule has 0 aliphatic carbocycles. The zero-order chi connectivity index (χ0) is 11.5. The maximum Gasteiger partial charge on any atom is 1.00 e. The van der Waals surface area contributed by atoms with E-state index >= 15 is 0 Å². The van der Waals surface area contributed by atoms with Crippen molar-refractivity contribution in [2.45, 2.75) is 39.8 Å². The predicted octanol–water partition coefficient (Wildman–Crippen LogP) is 0.0520. The molecule has 0 heterocycles. The van der Waals surface area contributed by atoms with Gasteiger partial charge in [-0.15, -0.1) is 12.1 Å². The van der Waals surface area contributed by atoms with E-state index in [1.54, 1.807) is 4.90 Å². The van der Waals surface area contributed by atoms with Gasteiger partial charge >= 0.3 is 58.4 Å². The molecule has 0 spiro atoms. The summed E-state index contributed by atoms with van der Waals surface area (Å²) in [6, 6.07) is 0.204. The average molecular weight is 247 g/mol. The largest absolute Gasteiger partial charge is 1.00 e. The van der Waals surface area contributed by atoms with E-state index in [1.165, 1.54) is 0 Å². The van der Waals surface area contributed by atoms with Gasteiger partial charge in [0.2, 0.25) is 0 Å². The topological polar surface area (TPSA) is 3.24 Å². The Hall–Kier alpha value is 1.19. The van der Waals surface area contributed by atoms with Crippen LogP contribution in [0.2, 0.25) is 0 Å². The molecule has 0 bridgehead atoms. The van der Waals surface area contributed by atoms with E-state index in [0.717, 1.165) is 0 Å². The van der Waals surface area contributed by atoms with E-state index in [0.29, 0.717) is 0 Å².